The van der Waals surface area contributed by atoms with Gasteiger partial charge in [-0.1, -0.05) is 45.0 Å². The summed E-state index contributed by atoms with van der Waals surface area (Å²) in [7, 11) is 1.49. The summed E-state index contributed by atoms with van der Waals surface area (Å²) in [4.78, 5) is 11.0. The van der Waals surface area contributed by atoms with Crippen LogP contribution in [-0.2, 0) is 14.9 Å². The van der Waals surface area contributed by atoms with E-state index in [1.54, 1.807) is 6.08 Å². The fraction of sp³-hybridized carbons (Fsp3) is 0.400. The van der Waals surface area contributed by atoms with Gasteiger partial charge >= 0.3 is 5.97 Å². The highest BCUT2D eigenvalue weighted by Crippen LogP contribution is 2.22. The predicted octanol–water partition coefficient (Wildman–Crippen LogP) is 3.10. The molecule has 0 aromatic heterocycles. The first kappa shape index (κ1) is 14.5. The van der Waals surface area contributed by atoms with E-state index >= 15 is 0 Å². The molecule has 0 atom stereocenters. The summed E-state index contributed by atoms with van der Waals surface area (Å²) in [6, 6.07) is 7.91. The Kier molecular flexibility index (Phi) is 4.68. The molecule has 3 heteroatoms. The van der Waals surface area contributed by atoms with Crippen LogP contribution in [0.1, 0.15) is 31.9 Å². The van der Waals surface area contributed by atoms with Crippen molar-refractivity contribution in [1.29, 1.82) is 0 Å². The number of hydrogen-bond acceptors (Lipinski definition) is 2. The highest BCUT2D eigenvalue weighted by atomic mass is 16.5. The van der Waals surface area contributed by atoms with Crippen LogP contribution < -0.4 is 0 Å². The molecule has 1 rings (SSSR count). The van der Waals surface area contributed by atoms with Gasteiger partial charge in [-0.15, -0.1) is 0 Å². The van der Waals surface area contributed by atoms with E-state index in [1.807, 2.05) is 24.3 Å². The first-order chi connectivity index (χ1) is 8.34. The average Bonchev–Trinajstić information content (AvgIpc) is 2.28. The van der Waals surface area contributed by atoms with Gasteiger partial charge in [0, 0.05) is 7.11 Å². The molecule has 0 unspecified atom stereocenters. The first-order valence-electron chi connectivity index (χ1n) is 5.88. The molecule has 0 aliphatic heterocycles. The SMILES string of the molecule is COC/C(=C\c1ccc(C(C)(C)C)cc1)C(=O)O. The molecule has 0 bridgehead atoms. The second kappa shape index (κ2) is 5.83. The normalized spacial score (nSPS) is 12.6. The Hall–Kier alpha value is -1.61. The second-order valence-electron chi connectivity index (χ2n) is 5.28. The molecule has 98 valence electrons. The van der Waals surface area contributed by atoms with E-state index in [0.29, 0.717) is 0 Å². The fourth-order valence-corrected chi connectivity index (χ4v) is 1.60. The molecular formula is C15H20O3. The Morgan fingerprint density at radius 2 is 1.83 bits per heavy atom. The lowest BCUT2D eigenvalue weighted by atomic mass is 9.86. The molecule has 3 nitrogen and oxygen atoms in total. The number of carboxylic acid groups (broad SMARTS) is 1. The van der Waals surface area contributed by atoms with Crippen molar-refractivity contribution in [2.75, 3.05) is 13.7 Å². The van der Waals surface area contributed by atoms with Gasteiger partial charge < -0.3 is 9.84 Å². The van der Waals surface area contributed by atoms with Gasteiger partial charge in [-0.3, -0.25) is 0 Å². The van der Waals surface area contributed by atoms with Gasteiger partial charge in [-0.2, -0.15) is 0 Å². The molecule has 1 aromatic rings. The third-order valence-corrected chi connectivity index (χ3v) is 2.69. The molecule has 0 spiro atoms. The van der Waals surface area contributed by atoms with Crippen LogP contribution in [0.5, 0.6) is 0 Å². The van der Waals surface area contributed by atoms with E-state index in [2.05, 4.69) is 20.8 Å². The number of carbonyl (C=O) groups is 1. The van der Waals surface area contributed by atoms with Crippen molar-refractivity contribution in [3.63, 3.8) is 0 Å². The summed E-state index contributed by atoms with van der Waals surface area (Å²) in [6.45, 7) is 6.54. The maximum absolute atomic E-state index is 11.0. The number of benzene rings is 1. The lowest BCUT2D eigenvalue weighted by Gasteiger charge is -2.18. The van der Waals surface area contributed by atoms with Gasteiger partial charge in [0.1, 0.15) is 0 Å². The second-order valence-corrected chi connectivity index (χ2v) is 5.28. The molecule has 0 saturated carbocycles. The number of ether oxygens (including phenoxy) is 1. The van der Waals surface area contributed by atoms with Gasteiger partial charge in [0.25, 0.3) is 0 Å². The number of rotatable bonds is 4. The number of carboxylic acids is 1. The van der Waals surface area contributed by atoms with Crippen LogP contribution in [0, 0.1) is 0 Å². The predicted molar refractivity (Wildman–Crippen MR) is 72.6 cm³/mol. The first-order valence-corrected chi connectivity index (χ1v) is 5.88. The minimum absolute atomic E-state index is 0.102. The van der Waals surface area contributed by atoms with Crippen LogP contribution in [0.3, 0.4) is 0 Å². The fourth-order valence-electron chi connectivity index (χ4n) is 1.60. The molecule has 0 heterocycles. The molecular weight excluding hydrogens is 228 g/mol. The highest BCUT2D eigenvalue weighted by Gasteiger charge is 2.13. The smallest absolute Gasteiger partial charge is 0.333 e. The van der Waals surface area contributed by atoms with E-state index in [-0.39, 0.29) is 17.6 Å². The topological polar surface area (TPSA) is 46.5 Å². The zero-order valence-electron chi connectivity index (χ0n) is 11.4. The summed E-state index contributed by atoms with van der Waals surface area (Å²) in [5, 5.41) is 9.00. The number of methoxy groups -OCH3 is 1. The lowest BCUT2D eigenvalue weighted by molar-refractivity contribution is -0.133. The third kappa shape index (κ3) is 4.00. The number of aliphatic carboxylic acids is 1. The van der Waals surface area contributed by atoms with Crippen molar-refractivity contribution in [3.05, 3.63) is 41.0 Å². The Balaban J connectivity index is 2.98. The zero-order valence-corrected chi connectivity index (χ0v) is 11.4. The molecule has 1 aromatic carbocycles. The molecule has 0 aliphatic carbocycles. The quantitative estimate of drug-likeness (QED) is 0.833. The molecule has 1 N–H and O–H groups in total. The van der Waals surface area contributed by atoms with Gasteiger partial charge in [-0.25, -0.2) is 4.79 Å². The van der Waals surface area contributed by atoms with Crippen LogP contribution in [0.4, 0.5) is 0 Å². The minimum atomic E-state index is -0.947. The monoisotopic (exact) mass is 248 g/mol. The lowest BCUT2D eigenvalue weighted by Crippen LogP contribution is -2.10. The van der Waals surface area contributed by atoms with Crippen LogP contribution in [-0.4, -0.2) is 24.8 Å². The summed E-state index contributed by atoms with van der Waals surface area (Å²) in [6.07, 6.45) is 1.64. The van der Waals surface area contributed by atoms with E-state index < -0.39 is 5.97 Å². The van der Waals surface area contributed by atoms with Crippen molar-refractivity contribution in [2.45, 2.75) is 26.2 Å². The van der Waals surface area contributed by atoms with Gasteiger partial charge in [-0.05, 0) is 22.6 Å². The Labute approximate surface area is 108 Å². The summed E-state index contributed by atoms with van der Waals surface area (Å²) < 4.78 is 4.87. The minimum Gasteiger partial charge on any atom is -0.478 e. The highest BCUT2D eigenvalue weighted by molar-refractivity contribution is 5.92. The van der Waals surface area contributed by atoms with Crippen LogP contribution in [0.15, 0.2) is 29.8 Å². The van der Waals surface area contributed by atoms with Crippen LogP contribution in [0.2, 0.25) is 0 Å². The van der Waals surface area contributed by atoms with Crippen LogP contribution in [0.25, 0.3) is 6.08 Å². The third-order valence-electron chi connectivity index (χ3n) is 2.69. The van der Waals surface area contributed by atoms with Crippen molar-refractivity contribution < 1.29 is 14.6 Å². The molecule has 0 saturated heterocycles. The van der Waals surface area contributed by atoms with Crippen molar-refractivity contribution in [3.8, 4) is 0 Å². The Morgan fingerprint density at radius 1 is 1.28 bits per heavy atom. The van der Waals surface area contributed by atoms with Crippen molar-refractivity contribution >= 4 is 12.0 Å². The summed E-state index contributed by atoms with van der Waals surface area (Å²) >= 11 is 0. The summed E-state index contributed by atoms with van der Waals surface area (Å²) in [5.41, 5.74) is 2.45. The van der Waals surface area contributed by atoms with E-state index in [1.165, 1.54) is 12.7 Å². The van der Waals surface area contributed by atoms with Crippen molar-refractivity contribution in [2.24, 2.45) is 0 Å². The number of hydrogen-bond donors (Lipinski definition) is 1. The van der Waals surface area contributed by atoms with Crippen LogP contribution >= 0.6 is 0 Å². The molecule has 18 heavy (non-hydrogen) atoms. The zero-order chi connectivity index (χ0) is 13.8. The molecule has 0 radical (unpaired) electrons. The van der Waals surface area contributed by atoms with E-state index in [0.717, 1.165) is 5.56 Å². The van der Waals surface area contributed by atoms with Crippen molar-refractivity contribution in [1.82, 2.24) is 0 Å². The molecule has 0 fully saturated rings. The molecule has 0 amide bonds. The maximum Gasteiger partial charge on any atom is 0.333 e. The Morgan fingerprint density at radius 3 is 2.22 bits per heavy atom. The van der Waals surface area contributed by atoms with E-state index in [9.17, 15) is 4.79 Å². The molecule has 0 aliphatic rings. The summed E-state index contributed by atoms with van der Waals surface area (Å²) in [5.74, 6) is -0.947. The average molecular weight is 248 g/mol. The van der Waals surface area contributed by atoms with Gasteiger partial charge in [0.15, 0.2) is 0 Å². The van der Waals surface area contributed by atoms with Gasteiger partial charge in [0.2, 0.25) is 0 Å². The maximum atomic E-state index is 11.0. The van der Waals surface area contributed by atoms with Gasteiger partial charge in [0.05, 0.1) is 12.2 Å². The van der Waals surface area contributed by atoms with E-state index in [4.69, 9.17) is 9.84 Å². The standard InChI is InChI=1S/C15H20O3/c1-15(2,3)13-7-5-11(6-8-13)9-12(10-18-4)14(16)17/h5-9H,10H2,1-4H3,(H,16,17)/b12-9+. The largest absolute Gasteiger partial charge is 0.478 e. The Bertz CT molecular complexity index is 436.